The summed E-state index contributed by atoms with van der Waals surface area (Å²) in [5.74, 6) is 3.61. The summed E-state index contributed by atoms with van der Waals surface area (Å²) < 4.78 is 14.9. The van der Waals surface area contributed by atoms with Crippen LogP contribution < -0.4 is 19.3 Å². The SMILES string of the molecule is CC1(C)c2ccc(N(c3ccc4c(c3)C3(c5ccccc5-4)c4ccc5ccccc5c4Oc4c3ccc3ccccc43)c3ccccc3-c3ccccc3)cc2-c2ccc(-c3cccc(-c4ccc(N(c5ccc6c(c5)C(C)(C)c5ccccc5-6)c5ccc6c(c5)C5(c7ccccc7-6)c6ccc7ccccc7c6Oc6c5ccc5ccccc65)cc4)c3)cc21. The number of anilines is 6. The average Bonchev–Trinajstić information content (AvgIpc) is 1.46. The number of hydrogen-bond donors (Lipinski definition) is 0. The molecule has 4 heteroatoms. The van der Waals surface area contributed by atoms with Crippen LogP contribution >= 0.6 is 0 Å². The van der Waals surface area contributed by atoms with Gasteiger partial charge >= 0.3 is 0 Å². The number of hydrogen-bond acceptors (Lipinski definition) is 4. The van der Waals surface area contributed by atoms with Crippen molar-refractivity contribution in [2.24, 2.45) is 0 Å². The van der Waals surface area contributed by atoms with Gasteiger partial charge in [-0.1, -0.05) is 361 Å². The lowest BCUT2D eigenvalue weighted by Crippen LogP contribution is -2.32. The maximum absolute atomic E-state index is 7.44. The van der Waals surface area contributed by atoms with Crippen LogP contribution in [0.3, 0.4) is 0 Å². The van der Waals surface area contributed by atoms with Crippen molar-refractivity contribution >= 4 is 77.2 Å². The molecular weight excluding hydrogens is 1500 g/mol. The van der Waals surface area contributed by atoms with Gasteiger partial charge in [-0.3, -0.25) is 0 Å². The minimum atomic E-state index is -0.740. The van der Waals surface area contributed by atoms with Gasteiger partial charge in [0.2, 0.25) is 0 Å². The van der Waals surface area contributed by atoms with Crippen molar-refractivity contribution in [2.45, 2.75) is 49.4 Å². The molecular formula is C120H80N2O2. The molecule has 582 valence electrons. The summed E-state index contributed by atoms with van der Waals surface area (Å²) in [6.07, 6.45) is 0. The van der Waals surface area contributed by atoms with E-state index in [1.807, 2.05) is 0 Å². The van der Waals surface area contributed by atoms with Gasteiger partial charge < -0.3 is 19.3 Å². The van der Waals surface area contributed by atoms with Crippen LogP contribution in [-0.4, -0.2) is 0 Å². The fourth-order valence-corrected chi connectivity index (χ4v) is 23.0. The molecule has 0 radical (unpaired) electrons. The highest BCUT2D eigenvalue weighted by atomic mass is 16.5. The maximum Gasteiger partial charge on any atom is 0.140 e. The third-order valence-corrected chi connectivity index (χ3v) is 28.7. The lowest BCUT2D eigenvalue weighted by atomic mass is 9.65. The lowest BCUT2D eigenvalue weighted by Gasteiger charge is -2.40. The van der Waals surface area contributed by atoms with Crippen molar-refractivity contribution in [1.82, 2.24) is 0 Å². The van der Waals surface area contributed by atoms with E-state index in [4.69, 9.17) is 9.47 Å². The van der Waals surface area contributed by atoms with Gasteiger partial charge in [-0.2, -0.15) is 0 Å². The van der Waals surface area contributed by atoms with Gasteiger partial charge in [0.1, 0.15) is 23.0 Å². The summed E-state index contributed by atoms with van der Waals surface area (Å²) in [4.78, 5) is 5.03. The van der Waals surface area contributed by atoms with E-state index >= 15 is 0 Å². The zero-order chi connectivity index (χ0) is 82.1. The quantitative estimate of drug-likeness (QED) is 0.144. The zero-order valence-electron chi connectivity index (χ0n) is 69.0. The Balaban J connectivity index is 0.589. The first kappa shape index (κ1) is 70.5. The van der Waals surface area contributed by atoms with E-state index in [0.29, 0.717) is 0 Å². The van der Waals surface area contributed by atoms with Gasteiger partial charge in [0.15, 0.2) is 0 Å². The molecule has 20 aromatic carbocycles. The van der Waals surface area contributed by atoms with Crippen LogP contribution in [-0.2, 0) is 21.7 Å². The Kier molecular flexibility index (Phi) is 14.8. The Morgan fingerprint density at radius 2 is 0.500 bits per heavy atom. The third-order valence-electron chi connectivity index (χ3n) is 28.7. The number of rotatable bonds is 9. The van der Waals surface area contributed by atoms with Crippen LogP contribution in [0.25, 0.3) is 121 Å². The molecule has 4 aliphatic carbocycles. The molecule has 0 saturated carbocycles. The summed E-state index contributed by atoms with van der Waals surface area (Å²) in [6, 6.07) is 155. The van der Waals surface area contributed by atoms with E-state index in [0.717, 1.165) is 145 Å². The molecule has 0 saturated heterocycles. The van der Waals surface area contributed by atoms with Crippen LogP contribution in [0, 0.1) is 0 Å². The first-order chi connectivity index (χ1) is 61.0. The molecule has 0 unspecified atom stereocenters. The molecule has 4 nitrogen and oxygen atoms in total. The van der Waals surface area contributed by atoms with E-state index in [9.17, 15) is 0 Å². The molecule has 124 heavy (non-hydrogen) atoms. The molecule has 20 aromatic rings. The van der Waals surface area contributed by atoms with E-state index in [1.165, 1.54) is 100 Å². The summed E-state index contributed by atoms with van der Waals surface area (Å²) in [6.45, 7) is 9.59. The lowest BCUT2D eigenvalue weighted by molar-refractivity contribution is 0.447. The van der Waals surface area contributed by atoms with Gasteiger partial charge in [0.25, 0.3) is 0 Å². The van der Waals surface area contributed by atoms with E-state index in [1.54, 1.807) is 0 Å². The zero-order valence-corrected chi connectivity index (χ0v) is 69.0. The fourth-order valence-electron chi connectivity index (χ4n) is 23.0. The summed E-state index contributed by atoms with van der Waals surface area (Å²) in [7, 11) is 0. The minimum Gasteiger partial charge on any atom is -0.455 e. The molecule has 2 heterocycles. The molecule has 6 aliphatic rings. The van der Waals surface area contributed by atoms with Gasteiger partial charge in [-0.15, -0.1) is 0 Å². The molecule has 26 rings (SSSR count). The molecule has 0 atom stereocenters. The summed E-state index contributed by atoms with van der Waals surface area (Å²) >= 11 is 0. The van der Waals surface area contributed by atoms with E-state index in [2.05, 4.69) is 450 Å². The first-order valence-corrected chi connectivity index (χ1v) is 43.4. The number of para-hydroxylation sites is 1. The van der Waals surface area contributed by atoms with Crippen molar-refractivity contribution in [2.75, 3.05) is 9.80 Å². The van der Waals surface area contributed by atoms with Crippen molar-refractivity contribution in [3.63, 3.8) is 0 Å². The Bertz CT molecular complexity index is 7850. The monoisotopic (exact) mass is 1580 g/mol. The second kappa shape index (κ2) is 26.1. The van der Waals surface area contributed by atoms with Crippen LogP contribution in [0.5, 0.6) is 23.0 Å². The predicted molar refractivity (Wildman–Crippen MR) is 512 cm³/mol. The summed E-state index contributed by atoms with van der Waals surface area (Å²) in [5, 5.41) is 8.98. The van der Waals surface area contributed by atoms with Crippen LogP contribution in [0.15, 0.2) is 413 Å². The van der Waals surface area contributed by atoms with Gasteiger partial charge in [0.05, 0.1) is 16.5 Å². The highest BCUT2D eigenvalue weighted by Gasteiger charge is 2.55. The molecule has 0 bridgehead atoms. The average molecular weight is 1580 g/mol. The smallest absolute Gasteiger partial charge is 0.140 e. The van der Waals surface area contributed by atoms with Crippen molar-refractivity contribution in [3.8, 4) is 101 Å². The van der Waals surface area contributed by atoms with Crippen molar-refractivity contribution in [3.05, 3.63) is 479 Å². The summed E-state index contributed by atoms with van der Waals surface area (Å²) in [5.41, 5.74) is 36.2. The topological polar surface area (TPSA) is 24.9 Å². The fraction of sp³-hybridized carbons (Fsp3) is 0.0667. The molecule has 0 N–H and O–H groups in total. The second-order valence-corrected chi connectivity index (χ2v) is 35.6. The standard InChI is InChI=1S/C120H80N2O2/c1-117(2)100-41-20-16-38-92(100)95-59-54-84(70-109(95)117)121(85-55-60-96-93-39-17-21-42-102(93)119(110(96)71-85)104-62-48-75-27-8-12-34-88(75)113(104)123-114-89-35-13-9-28-76(89)49-63-105(114)119)82-52-45-73(46-53-82)79-31-24-32-80(67-79)81-47-58-98-99-69-83(57-66-101(99)118(3,4)108(98)68-81)122(112-44-23-19-33-87(112)74-25-6-5-7-26-74)86-56-61-97-94-40-18-22-43-103(94)120(111(97)72-86)106-64-50-77-29-10-14-36-90(77)115(106)124-116-91-37-15-11-30-78(91)51-65-107(116)120/h5-72H,1-4H3. The van der Waals surface area contributed by atoms with Crippen LogP contribution in [0.1, 0.15) is 94.5 Å². The molecule has 2 aliphatic heterocycles. The van der Waals surface area contributed by atoms with Crippen LogP contribution in [0.4, 0.5) is 34.1 Å². The Morgan fingerprint density at radius 1 is 0.177 bits per heavy atom. The number of fused-ring (bicyclic) bond motifs is 32. The van der Waals surface area contributed by atoms with Crippen molar-refractivity contribution in [1.29, 1.82) is 0 Å². The Morgan fingerprint density at radius 3 is 1.02 bits per heavy atom. The normalized spacial score (nSPS) is 14.5. The molecule has 0 aromatic heterocycles. The first-order valence-electron chi connectivity index (χ1n) is 43.4. The highest BCUT2D eigenvalue weighted by molar-refractivity contribution is 6.05. The Hall–Kier alpha value is -15.4. The number of ether oxygens (including phenoxy) is 2. The second-order valence-electron chi connectivity index (χ2n) is 35.6. The highest BCUT2D eigenvalue weighted by Crippen LogP contribution is 2.68. The van der Waals surface area contributed by atoms with E-state index in [-0.39, 0.29) is 10.8 Å². The number of benzene rings is 20. The third kappa shape index (κ3) is 9.73. The largest absolute Gasteiger partial charge is 0.455 e. The minimum absolute atomic E-state index is 0.222. The van der Waals surface area contributed by atoms with Crippen LogP contribution in [0.2, 0.25) is 0 Å². The van der Waals surface area contributed by atoms with Gasteiger partial charge in [-0.05, 0) is 217 Å². The van der Waals surface area contributed by atoms with Gasteiger partial charge in [-0.25, -0.2) is 0 Å². The predicted octanol–water partition coefficient (Wildman–Crippen LogP) is 31.8. The maximum atomic E-state index is 7.44. The molecule has 2 spiro atoms. The molecule has 0 fully saturated rings. The van der Waals surface area contributed by atoms with Gasteiger partial charge in [0, 0.05) is 88.6 Å². The van der Waals surface area contributed by atoms with Crippen molar-refractivity contribution < 1.29 is 9.47 Å². The number of nitrogens with zero attached hydrogens (tertiary/aromatic N) is 2. The molecule has 0 amide bonds. The Labute approximate surface area is 721 Å². The van der Waals surface area contributed by atoms with E-state index < -0.39 is 10.8 Å².